The number of carbonyl (C=O) groups excluding carboxylic acids is 1. The van der Waals surface area contributed by atoms with Crippen molar-refractivity contribution >= 4 is 17.9 Å². The Bertz CT molecular complexity index is 924. The van der Waals surface area contributed by atoms with Crippen molar-refractivity contribution in [3.63, 3.8) is 0 Å². The first-order chi connectivity index (χ1) is 13.0. The maximum Gasteiger partial charge on any atom is 0.387 e. The monoisotopic (exact) mass is 375 g/mol. The molecule has 2 aromatic rings. The maximum absolute atomic E-state index is 12.4. The average Bonchev–Trinajstić information content (AvgIpc) is 3.03. The molecule has 2 aromatic carbocycles. The van der Waals surface area contributed by atoms with Crippen LogP contribution < -0.4 is 14.2 Å². The molecule has 0 bridgehead atoms. The van der Waals surface area contributed by atoms with Crippen LogP contribution in [0.5, 0.6) is 17.2 Å². The first kappa shape index (κ1) is 18.4. The summed E-state index contributed by atoms with van der Waals surface area (Å²) in [6.45, 7) is -2.97. The molecule has 0 amide bonds. The summed E-state index contributed by atoms with van der Waals surface area (Å²) < 4.78 is 44.5. The predicted molar refractivity (Wildman–Crippen MR) is 93.2 cm³/mol. The molecule has 0 aromatic heterocycles. The fraction of sp³-hybridized carbons (Fsp3) is 0.158. The molecule has 140 valence electrons. The van der Waals surface area contributed by atoms with E-state index in [4.69, 9.17) is 14.2 Å². The van der Waals surface area contributed by atoms with Gasteiger partial charge in [0.25, 0.3) is 0 Å². The first-order valence-corrected chi connectivity index (χ1v) is 7.80. The van der Waals surface area contributed by atoms with Gasteiger partial charge in [0, 0.05) is 5.56 Å². The second-order valence-corrected chi connectivity index (χ2v) is 5.36. The molecule has 8 heteroatoms. The van der Waals surface area contributed by atoms with Crippen LogP contribution in [0.25, 0.3) is 6.08 Å². The smallest absolute Gasteiger partial charge is 0.387 e. The zero-order chi connectivity index (χ0) is 19.4. The van der Waals surface area contributed by atoms with Crippen molar-refractivity contribution in [2.45, 2.75) is 6.61 Å². The van der Waals surface area contributed by atoms with Crippen molar-refractivity contribution in [2.75, 3.05) is 14.2 Å². The van der Waals surface area contributed by atoms with Crippen LogP contribution in [0.1, 0.15) is 11.1 Å². The number of methoxy groups -OCH3 is 2. The number of carbonyl (C=O) groups is 1. The van der Waals surface area contributed by atoms with Crippen molar-refractivity contribution in [1.82, 2.24) is 0 Å². The van der Waals surface area contributed by atoms with Gasteiger partial charge in [-0.2, -0.15) is 8.78 Å². The Kier molecular flexibility index (Phi) is 5.35. The Labute approximate surface area is 153 Å². The molecule has 3 rings (SSSR count). The Morgan fingerprint density at radius 3 is 2.59 bits per heavy atom. The molecular formula is C19H15F2NO5. The van der Waals surface area contributed by atoms with E-state index in [0.29, 0.717) is 16.9 Å². The molecule has 0 unspecified atom stereocenters. The van der Waals surface area contributed by atoms with E-state index < -0.39 is 12.6 Å². The van der Waals surface area contributed by atoms with E-state index in [2.05, 4.69) is 9.73 Å². The number of aliphatic imine (C=N–C) groups is 1. The van der Waals surface area contributed by atoms with E-state index in [1.54, 1.807) is 24.3 Å². The fourth-order valence-corrected chi connectivity index (χ4v) is 2.41. The van der Waals surface area contributed by atoms with Crippen LogP contribution >= 0.6 is 0 Å². The van der Waals surface area contributed by atoms with Gasteiger partial charge in [-0.1, -0.05) is 12.1 Å². The number of ether oxygens (including phenoxy) is 4. The summed E-state index contributed by atoms with van der Waals surface area (Å²) in [6, 6.07) is 11.2. The van der Waals surface area contributed by atoms with Crippen LogP contribution in [0.2, 0.25) is 0 Å². The van der Waals surface area contributed by atoms with Crippen molar-refractivity contribution in [3.8, 4) is 17.2 Å². The summed E-state index contributed by atoms with van der Waals surface area (Å²) in [5.74, 6) is 0.120. The lowest BCUT2D eigenvalue weighted by Gasteiger charge is -2.10. The van der Waals surface area contributed by atoms with Gasteiger partial charge in [0.2, 0.25) is 5.90 Å². The van der Waals surface area contributed by atoms with E-state index in [1.807, 2.05) is 0 Å². The number of alkyl halides is 2. The van der Waals surface area contributed by atoms with Crippen LogP contribution in [-0.2, 0) is 9.53 Å². The lowest BCUT2D eigenvalue weighted by Crippen LogP contribution is -2.05. The Morgan fingerprint density at radius 1 is 1.07 bits per heavy atom. The Balaban J connectivity index is 1.90. The SMILES string of the molecule is COc1cccc(C2=N/C(=C\c3ccc(OC(F)F)c(OC)c3)C(=O)O2)c1. The molecule has 0 spiro atoms. The van der Waals surface area contributed by atoms with Gasteiger partial charge in [-0.15, -0.1) is 0 Å². The Hall–Kier alpha value is -3.42. The molecule has 0 radical (unpaired) electrons. The number of rotatable bonds is 6. The molecule has 27 heavy (non-hydrogen) atoms. The van der Waals surface area contributed by atoms with Gasteiger partial charge in [-0.25, -0.2) is 9.79 Å². The molecular weight excluding hydrogens is 360 g/mol. The van der Waals surface area contributed by atoms with Gasteiger partial charge < -0.3 is 18.9 Å². The molecule has 0 aliphatic carbocycles. The zero-order valence-electron chi connectivity index (χ0n) is 14.4. The summed E-state index contributed by atoms with van der Waals surface area (Å²) in [4.78, 5) is 16.3. The second kappa shape index (κ2) is 7.86. The number of cyclic esters (lactones) is 1. The number of nitrogens with zero attached hydrogens (tertiary/aromatic N) is 1. The normalized spacial score (nSPS) is 14.9. The molecule has 6 nitrogen and oxygen atoms in total. The number of hydrogen-bond acceptors (Lipinski definition) is 6. The second-order valence-electron chi connectivity index (χ2n) is 5.36. The fourth-order valence-electron chi connectivity index (χ4n) is 2.41. The predicted octanol–water partition coefficient (Wildman–Crippen LogP) is 3.65. The third kappa shape index (κ3) is 4.22. The standard InChI is InChI=1S/C19H15F2NO5/c1-24-13-5-3-4-12(10-13)17-22-14(18(23)27-17)8-11-6-7-15(26-19(20)21)16(9-11)25-2/h3-10,19H,1-2H3/b14-8-. The first-order valence-electron chi connectivity index (χ1n) is 7.80. The Morgan fingerprint density at radius 2 is 1.89 bits per heavy atom. The maximum atomic E-state index is 12.4. The highest BCUT2D eigenvalue weighted by molar-refractivity contribution is 6.13. The third-order valence-corrected chi connectivity index (χ3v) is 3.64. The number of benzene rings is 2. The topological polar surface area (TPSA) is 66.3 Å². The largest absolute Gasteiger partial charge is 0.497 e. The molecule has 1 aliphatic heterocycles. The van der Waals surface area contributed by atoms with Crippen LogP contribution in [0.15, 0.2) is 53.2 Å². The van der Waals surface area contributed by atoms with Crippen molar-refractivity contribution in [1.29, 1.82) is 0 Å². The van der Waals surface area contributed by atoms with Crippen LogP contribution in [0, 0.1) is 0 Å². The minimum Gasteiger partial charge on any atom is -0.497 e. The van der Waals surface area contributed by atoms with Gasteiger partial charge in [0.1, 0.15) is 5.75 Å². The van der Waals surface area contributed by atoms with E-state index in [1.165, 1.54) is 38.5 Å². The van der Waals surface area contributed by atoms with Gasteiger partial charge >= 0.3 is 12.6 Å². The quantitative estimate of drug-likeness (QED) is 0.570. The lowest BCUT2D eigenvalue weighted by molar-refractivity contribution is -0.129. The van der Waals surface area contributed by atoms with Crippen LogP contribution in [0.4, 0.5) is 8.78 Å². The van der Waals surface area contributed by atoms with Gasteiger partial charge in [0.05, 0.1) is 14.2 Å². The van der Waals surface area contributed by atoms with E-state index >= 15 is 0 Å². The average molecular weight is 375 g/mol. The number of esters is 1. The lowest BCUT2D eigenvalue weighted by atomic mass is 10.1. The minimum atomic E-state index is -2.97. The third-order valence-electron chi connectivity index (χ3n) is 3.64. The highest BCUT2D eigenvalue weighted by Crippen LogP contribution is 2.31. The van der Waals surface area contributed by atoms with Gasteiger partial charge in [0.15, 0.2) is 17.2 Å². The van der Waals surface area contributed by atoms with E-state index in [9.17, 15) is 13.6 Å². The highest BCUT2D eigenvalue weighted by atomic mass is 19.3. The van der Waals surface area contributed by atoms with Crippen molar-refractivity contribution in [3.05, 3.63) is 59.3 Å². The number of halogens is 2. The van der Waals surface area contributed by atoms with Crippen LogP contribution in [-0.4, -0.2) is 32.7 Å². The molecule has 0 N–H and O–H groups in total. The highest BCUT2D eigenvalue weighted by Gasteiger charge is 2.24. The summed E-state index contributed by atoms with van der Waals surface area (Å²) >= 11 is 0. The van der Waals surface area contributed by atoms with Crippen molar-refractivity contribution < 1.29 is 32.5 Å². The molecule has 0 saturated heterocycles. The molecule has 0 saturated carbocycles. The summed E-state index contributed by atoms with van der Waals surface area (Å²) in [5, 5.41) is 0. The molecule has 1 heterocycles. The van der Waals surface area contributed by atoms with E-state index in [-0.39, 0.29) is 23.1 Å². The van der Waals surface area contributed by atoms with Crippen molar-refractivity contribution in [2.24, 2.45) is 4.99 Å². The molecule has 0 atom stereocenters. The van der Waals surface area contributed by atoms with Gasteiger partial charge in [-0.3, -0.25) is 0 Å². The minimum absolute atomic E-state index is 0.0670. The summed E-state index contributed by atoms with van der Waals surface area (Å²) in [5.41, 5.74) is 1.16. The summed E-state index contributed by atoms with van der Waals surface area (Å²) in [6.07, 6.45) is 1.46. The van der Waals surface area contributed by atoms with Crippen LogP contribution in [0.3, 0.4) is 0 Å². The molecule has 1 aliphatic rings. The molecule has 0 fully saturated rings. The van der Waals surface area contributed by atoms with E-state index in [0.717, 1.165) is 0 Å². The zero-order valence-corrected chi connectivity index (χ0v) is 14.4. The summed E-state index contributed by atoms with van der Waals surface area (Å²) in [7, 11) is 2.86. The van der Waals surface area contributed by atoms with Gasteiger partial charge in [-0.05, 0) is 42.0 Å². The number of hydrogen-bond donors (Lipinski definition) is 0.